The van der Waals surface area contributed by atoms with Gasteiger partial charge in [-0.05, 0) is 73.0 Å². The van der Waals surface area contributed by atoms with E-state index in [0.29, 0.717) is 5.70 Å². The predicted octanol–water partition coefficient (Wildman–Crippen LogP) is 5.30. The van der Waals surface area contributed by atoms with Gasteiger partial charge in [0.25, 0.3) is 11.6 Å². The molecule has 0 aliphatic carbocycles. The van der Waals surface area contributed by atoms with Crippen LogP contribution < -0.4 is 10.2 Å². The van der Waals surface area contributed by atoms with Crippen molar-refractivity contribution in [3.63, 3.8) is 0 Å². The maximum atomic E-state index is 13.4. The Hall–Kier alpha value is -3.93. The fraction of sp³-hybridized carbons (Fsp3) is 0.125. The molecule has 0 saturated carbocycles. The first-order valence-corrected chi connectivity index (χ1v) is 9.62. The van der Waals surface area contributed by atoms with E-state index in [9.17, 15) is 14.9 Å². The van der Waals surface area contributed by atoms with Crippen molar-refractivity contribution < 1.29 is 9.72 Å². The third-order valence-corrected chi connectivity index (χ3v) is 5.07. The summed E-state index contributed by atoms with van der Waals surface area (Å²) in [7, 11) is 0. The number of hydrogen-bond donors (Lipinski definition) is 1. The molecule has 0 spiro atoms. The number of nitrogens with zero attached hydrogens (tertiary/aromatic N) is 2. The lowest BCUT2D eigenvalue weighted by molar-refractivity contribution is -0.384. The Balaban J connectivity index is 1.74. The van der Waals surface area contributed by atoms with Gasteiger partial charge < -0.3 is 5.32 Å². The van der Waals surface area contributed by atoms with E-state index in [2.05, 4.69) is 5.32 Å². The molecule has 6 nitrogen and oxygen atoms in total. The van der Waals surface area contributed by atoms with E-state index in [0.717, 1.165) is 28.1 Å². The number of carbonyl (C=O) groups is 1. The van der Waals surface area contributed by atoms with E-state index in [4.69, 9.17) is 0 Å². The van der Waals surface area contributed by atoms with Crippen LogP contribution in [-0.4, -0.2) is 10.8 Å². The minimum absolute atomic E-state index is 0.0206. The number of aryl methyl sites for hydroxylation is 2. The summed E-state index contributed by atoms with van der Waals surface area (Å²) >= 11 is 0. The number of nitro benzene ring substituents is 1. The average molecular weight is 399 g/mol. The largest absolute Gasteiger partial charge is 0.351 e. The summed E-state index contributed by atoms with van der Waals surface area (Å²) in [5.41, 5.74) is 5.05. The number of anilines is 2. The van der Waals surface area contributed by atoms with Gasteiger partial charge in [-0.3, -0.25) is 19.8 Å². The average Bonchev–Trinajstić information content (AvgIpc) is 3.04. The fourth-order valence-electron chi connectivity index (χ4n) is 3.63. The van der Waals surface area contributed by atoms with Crippen molar-refractivity contribution in [3.8, 4) is 0 Å². The molecule has 6 heteroatoms. The van der Waals surface area contributed by atoms with Crippen molar-refractivity contribution in [2.24, 2.45) is 0 Å². The summed E-state index contributed by atoms with van der Waals surface area (Å²) in [4.78, 5) is 25.6. The minimum Gasteiger partial charge on any atom is -0.351 e. The topological polar surface area (TPSA) is 75.5 Å². The number of nitrogens with one attached hydrogen (secondary N) is 1. The lowest BCUT2D eigenvalue weighted by Crippen LogP contribution is -2.30. The van der Waals surface area contributed by atoms with Crippen molar-refractivity contribution in [1.82, 2.24) is 0 Å². The molecule has 0 aromatic heterocycles. The minimum atomic E-state index is -0.428. The number of non-ortho nitro benzene ring substituents is 1. The van der Waals surface area contributed by atoms with Crippen LogP contribution in [0.2, 0.25) is 0 Å². The Bertz CT molecular complexity index is 1150. The smallest absolute Gasteiger partial charge is 0.275 e. The quantitative estimate of drug-likeness (QED) is 0.467. The van der Waals surface area contributed by atoms with Gasteiger partial charge in [0.15, 0.2) is 0 Å². The summed E-state index contributed by atoms with van der Waals surface area (Å²) in [6.07, 6.45) is 1.87. The highest BCUT2D eigenvalue weighted by molar-refractivity contribution is 6.11. The zero-order valence-corrected chi connectivity index (χ0v) is 16.7. The second-order valence-corrected chi connectivity index (χ2v) is 7.38. The molecular weight excluding hydrogens is 378 g/mol. The van der Waals surface area contributed by atoms with Gasteiger partial charge in [0.1, 0.15) is 5.70 Å². The third kappa shape index (κ3) is 3.80. The fourth-order valence-corrected chi connectivity index (χ4v) is 3.63. The zero-order chi connectivity index (χ0) is 21.3. The molecule has 1 atom stereocenters. The summed E-state index contributed by atoms with van der Waals surface area (Å²) < 4.78 is 0. The first kappa shape index (κ1) is 19.4. The molecule has 1 heterocycles. The van der Waals surface area contributed by atoms with Gasteiger partial charge in [0, 0.05) is 23.5 Å². The van der Waals surface area contributed by atoms with Gasteiger partial charge in [-0.1, -0.05) is 24.3 Å². The van der Waals surface area contributed by atoms with Gasteiger partial charge in [0.2, 0.25) is 0 Å². The molecular formula is C24H21N3O3. The molecule has 1 unspecified atom stereocenters. The Labute approximate surface area is 174 Å². The van der Waals surface area contributed by atoms with Gasteiger partial charge in [-0.15, -0.1) is 0 Å². The molecule has 1 aliphatic heterocycles. The summed E-state index contributed by atoms with van der Waals surface area (Å²) in [6, 6.07) is 21.5. The first-order chi connectivity index (χ1) is 14.4. The van der Waals surface area contributed by atoms with Crippen molar-refractivity contribution >= 4 is 23.0 Å². The maximum Gasteiger partial charge on any atom is 0.275 e. The van der Waals surface area contributed by atoms with Crippen LogP contribution in [0.5, 0.6) is 0 Å². The standard InChI is InChI=1S/C24H21N3O3/c1-16-5-3-7-19(13-16)25-22-15-23(18-9-11-20(12-10-18)27(29)30)26(24(22)28)21-8-4-6-17(2)14-21/h3-15,23,25H,1-2H3. The highest BCUT2D eigenvalue weighted by Gasteiger charge is 2.35. The molecule has 3 aromatic rings. The molecule has 1 N–H and O–H groups in total. The van der Waals surface area contributed by atoms with Gasteiger partial charge >= 0.3 is 0 Å². The van der Waals surface area contributed by atoms with Crippen molar-refractivity contribution in [1.29, 1.82) is 0 Å². The van der Waals surface area contributed by atoms with E-state index in [1.807, 2.05) is 68.5 Å². The first-order valence-electron chi connectivity index (χ1n) is 9.62. The highest BCUT2D eigenvalue weighted by Crippen LogP contribution is 2.37. The van der Waals surface area contributed by atoms with Crippen LogP contribution in [0.15, 0.2) is 84.6 Å². The highest BCUT2D eigenvalue weighted by atomic mass is 16.6. The van der Waals surface area contributed by atoms with E-state index < -0.39 is 4.92 Å². The van der Waals surface area contributed by atoms with E-state index in [-0.39, 0.29) is 17.6 Å². The molecule has 30 heavy (non-hydrogen) atoms. The molecule has 0 saturated heterocycles. The molecule has 0 radical (unpaired) electrons. The third-order valence-electron chi connectivity index (χ3n) is 5.07. The lowest BCUT2D eigenvalue weighted by Gasteiger charge is -2.25. The van der Waals surface area contributed by atoms with Crippen LogP contribution in [0.25, 0.3) is 0 Å². The van der Waals surface area contributed by atoms with Crippen LogP contribution in [0.3, 0.4) is 0 Å². The normalized spacial score (nSPS) is 15.8. The number of carbonyl (C=O) groups excluding carboxylic acids is 1. The monoisotopic (exact) mass is 399 g/mol. The summed E-state index contributed by atoms with van der Waals surface area (Å²) in [6.45, 7) is 3.97. The number of amides is 1. The molecule has 0 fully saturated rings. The summed E-state index contributed by atoms with van der Waals surface area (Å²) in [5, 5.41) is 14.2. The number of benzene rings is 3. The predicted molar refractivity (Wildman–Crippen MR) is 117 cm³/mol. The number of rotatable bonds is 5. The molecule has 1 aliphatic rings. The zero-order valence-electron chi connectivity index (χ0n) is 16.7. The van der Waals surface area contributed by atoms with Crippen molar-refractivity contribution in [2.75, 3.05) is 10.2 Å². The lowest BCUT2D eigenvalue weighted by atomic mass is 10.1. The van der Waals surface area contributed by atoms with E-state index in [1.165, 1.54) is 12.1 Å². The van der Waals surface area contributed by atoms with Crippen LogP contribution in [-0.2, 0) is 4.79 Å². The van der Waals surface area contributed by atoms with Crippen LogP contribution >= 0.6 is 0 Å². The van der Waals surface area contributed by atoms with E-state index in [1.54, 1.807) is 17.0 Å². The Morgan fingerprint density at radius 2 is 1.60 bits per heavy atom. The van der Waals surface area contributed by atoms with Crippen molar-refractivity contribution in [3.05, 3.63) is 111 Å². The molecule has 4 rings (SSSR count). The molecule has 1 amide bonds. The van der Waals surface area contributed by atoms with Crippen molar-refractivity contribution in [2.45, 2.75) is 19.9 Å². The maximum absolute atomic E-state index is 13.4. The van der Waals surface area contributed by atoms with Gasteiger partial charge in [0.05, 0.1) is 11.0 Å². The van der Waals surface area contributed by atoms with Crippen LogP contribution in [0, 0.1) is 24.0 Å². The number of hydrogen-bond acceptors (Lipinski definition) is 4. The Morgan fingerprint density at radius 3 is 2.23 bits per heavy atom. The second-order valence-electron chi connectivity index (χ2n) is 7.38. The van der Waals surface area contributed by atoms with Gasteiger partial charge in [-0.25, -0.2) is 0 Å². The van der Waals surface area contributed by atoms with Crippen LogP contribution in [0.1, 0.15) is 22.7 Å². The Morgan fingerprint density at radius 1 is 0.933 bits per heavy atom. The van der Waals surface area contributed by atoms with E-state index >= 15 is 0 Å². The van der Waals surface area contributed by atoms with Gasteiger partial charge in [-0.2, -0.15) is 0 Å². The molecule has 150 valence electrons. The second kappa shape index (κ2) is 7.83. The molecule has 3 aromatic carbocycles. The SMILES string of the molecule is Cc1cccc(NC2=CC(c3ccc([N+](=O)[O-])cc3)N(c3cccc(C)c3)C2=O)c1. The van der Waals surface area contributed by atoms with Crippen LogP contribution in [0.4, 0.5) is 17.1 Å². The summed E-state index contributed by atoms with van der Waals surface area (Å²) in [5.74, 6) is -0.148. The Kier molecular flexibility index (Phi) is 5.06. The molecule has 0 bridgehead atoms. The number of nitro groups is 1.